The zero-order valence-electron chi connectivity index (χ0n) is 12.9. The van der Waals surface area contributed by atoms with Crippen LogP contribution in [0.1, 0.15) is 44.7 Å². The molecule has 1 heterocycles. The van der Waals surface area contributed by atoms with Crippen LogP contribution < -0.4 is 5.32 Å². The minimum atomic E-state index is -0.798. The van der Waals surface area contributed by atoms with Crippen LogP contribution in [0.25, 0.3) is 0 Å². The molecule has 0 spiro atoms. The molecule has 8 nitrogen and oxygen atoms in total. The molecule has 1 aromatic heterocycles. The van der Waals surface area contributed by atoms with Gasteiger partial charge in [-0.1, -0.05) is 12.1 Å². The molecule has 23 heavy (non-hydrogen) atoms. The van der Waals surface area contributed by atoms with Gasteiger partial charge >= 0.3 is 5.97 Å². The average Bonchev–Trinajstić information content (AvgIpc) is 3.02. The van der Waals surface area contributed by atoms with Crippen LogP contribution in [0.3, 0.4) is 0 Å². The van der Waals surface area contributed by atoms with Crippen LogP contribution in [0.4, 0.5) is 0 Å². The van der Waals surface area contributed by atoms with Crippen LogP contribution in [0.15, 0.2) is 15.5 Å². The molecular weight excluding hydrogens is 324 g/mol. The van der Waals surface area contributed by atoms with Gasteiger partial charge in [-0.25, -0.2) is 4.79 Å². The molecule has 0 atom stereocenters. The van der Waals surface area contributed by atoms with Gasteiger partial charge in [0.25, 0.3) is 0 Å². The zero-order chi connectivity index (χ0) is 17.4. The number of allylic oxidation sites excluding steroid dienone is 2. The molecule has 1 aliphatic carbocycles. The number of amides is 1. The SMILES string of the molecule is CCCSC1=CC(=O)c2onc(C(=O)OC)c2C1=O.CNC=O. The Morgan fingerprint density at radius 2 is 2.13 bits per heavy atom. The quantitative estimate of drug-likeness (QED) is 0.628. The summed E-state index contributed by atoms with van der Waals surface area (Å²) < 4.78 is 9.28. The summed E-state index contributed by atoms with van der Waals surface area (Å²) in [4.78, 5) is 44.9. The number of esters is 1. The number of rotatable bonds is 5. The van der Waals surface area contributed by atoms with E-state index in [9.17, 15) is 14.4 Å². The van der Waals surface area contributed by atoms with Crippen LogP contribution in [0.2, 0.25) is 0 Å². The Labute approximate surface area is 136 Å². The predicted octanol–water partition coefficient (Wildman–Crippen LogP) is 1.23. The maximum Gasteiger partial charge on any atom is 0.361 e. The third-order valence-corrected chi connectivity index (χ3v) is 3.81. The molecule has 1 amide bonds. The first kappa shape index (κ1) is 18.6. The Balaban J connectivity index is 0.000000593. The summed E-state index contributed by atoms with van der Waals surface area (Å²) in [5.74, 6) is -1.18. The van der Waals surface area contributed by atoms with Crippen LogP contribution in [0, 0.1) is 0 Å². The van der Waals surface area contributed by atoms with Gasteiger partial charge in [-0.3, -0.25) is 14.4 Å². The molecule has 0 fully saturated rings. The molecule has 0 aliphatic heterocycles. The van der Waals surface area contributed by atoms with Gasteiger partial charge < -0.3 is 14.6 Å². The molecule has 9 heteroatoms. The van der Waals surface area contributed by atoms with Crippen molar-refractivity contribution in [3.8, 4) is 0 Å². The first-order chi connectivity index (χ1) is 11.0. The topological polar surface area (TPSA) is 116 Å². The highest BCUT2D eigenvalue weighted by molar-refractivity contribution is 8.04. The van der Waals surface area contributed by atoms with Gasteiger partial charge in [0.2, 0.25) is 29.4 Å². The van der Waals surface area contributed by atoms with E-state index in [0.29, 0.717) is 17.1 Å². The number of thioether (sulfide) groups is 1. The monoisotopic (exact) mass is 340 g/mol. The lowest BCUT2D eigenvalue weighted by molar-refractivity contribution is -0.109. The number of Topliss-reactive ketones (excluding diaryl/α,β-unsaturated/α-hetero) is 1. The molecule has 1 aromatic rings. The van der Waals surface area contributed by atoms with Crippen molar-refractivity contribution in [3.63, 3.8) is 0 Å². The van der Waals surface area contributed by atoms with Gasteiger partial charge in [0.05, 0.1) is 12.0 Å². The molecular formula is C14H16N2O6S. The second-order valence-corrected chi connectivity index (χ2v) is 5.32. The third-order valence-electron chi connectivity index (χ3n) is 2.59. The van der Waals surface area contributed by atoms with E-state index in [-0.39, 0.29) is 17.0 Å². The summed E-state index contributed by atoms with van der Waals surface area (Å²) in [6.07, 6.45) is 2.71. The van der Waals surface area contributed by atoms with Gasteiger partial charge in [-0.2, -0.15) is 0 Å². The first-order valence-electron chi connectivity index (χ1n) is 6.64. The van der Waals surface area contributed by atoms with Crippen molar-refractivity contribution < 1.29 is 28.4 Å². The number of nitrogens with one attached hydrogen (secondary N) is 1. The van der Waals surface area contributed by atoms with Crippen molar-refractivity contribution in [2.24, 2.45) is 0 Å². The number of hydrogen-bond acceptors (Lipinski definition) is 8. The summed E-state index contributed by atoms with van der Waals surface area (Å²) >= 11 is 1.27. The van der Waals surface area contributed by atoms with E-state index in [2.05, 4.69) is 15.2 Å². The summed E-state index contributed by atoms with van der Waals surface area (Å²) in [6.45, 7) is 1.97. The van der Waals surface area contributed by atoms with Gasteiger partial charge in [0.1, 0.15) is 5.56 Å². The number of hydrogen-bond donors (Lipinski definition) is 1. The van der Waals surface area contributed by atoms with Crippen LogP contribution in [-0.4, -0.2) is 49.0 Å². The molecule has 0 unspecified atom stereocenters. The fraction of sp³-hybridized carbons (Fsp3) is 0.357. The van der Waals surface area contributed by atoms with E-state index in [1.54, 1.807) is 7.05 Å². The lowest BCUT2D eigenvalue weighted by atomic mass is 10.00. The number of carbonyl (C=O) groups is 4. The van der Waals surface area contributed by atoms with Gasteiger partial charge in [0.15, 0.2) is 0 Å². The molecule has 0 saturated heterocycles. The normalized spacial score (nSPS) is 12.6. The number of carbonyl (C=O) groups excluding carboxylic acids is 4. The Bertz CT molecular complexity index is 650. The highest BCUT2D eigenvalue weighted by Gasteiger charge is 2.36. The Hall–Kier alpha value is -2.42. The van der Waals surface area contributed by atoms with E-state index < -0.39 is 17.5 Å². The van der Waals surface area contributed by atoms with E-state index >= 15 is 0 Å². The molecule has 124 valence electrons. The second kappa shape index (κ2) is 8.89. The van der Waals surface area contributed by atoms with Crippen molar-refractivity contribution in [3.05, 3.63) is 28.0 Å². The summed E-state index contributed by atoms with van der Waals surface area (Å²) in [5, 5.41) is 5.70. The third kappa shape index (κ3) is 4.28. The number of fused-ring (bicyclic) bond motifs is 1. The van der Waals surface area contributed by atoms with Crippen LogP contribution in [0.5, 0.6) is 0 Å². The standard InChI is InChI=1S/C12H11NO5S.C2H5NO/c1-3-4-19-7-5-6(14)11-8(10(7)15)9(13-18-11)12(16)17-2;1-3-2-4/h5H,3-4H2,1-2H3;2H,1H3,(H,3,4). The first-order valence-corrected chi connectivity index (χ1v) is 7.62. The summed E-state index contributed by atoms with van der Waals surface area (Å²) in [5.41, 5.74) is -0.350. The van der Waals surface area contributed by atoms with E-state index in [1.807, 2.05) is 6.92 Å². The van der Waals surface area contributed by atoms with Gasteiger partial charge in [-0.15, -0.1) is 11.8 Å². The second-order valence-electron chi connectivity index (χ2n) is 4.18. The molecule has 0 bridgehead atoms. The van der Waals surface area contributed by atoms with Crippen molar-refractivity contribution >= 4 is 35.7 Å². The number of nitrogens with zero attached hydrogens (tertiary/aromatic N) is 1. The lowest BCUT2D eigenvalue weighted by Gasteiger charge is -2.09. The zero-order valence-corrected chi connectivity index (χ0v) is 13.7. The smallest absolute Gasteiger partial charge is 0.361 e. The number of methoxy groups -OCH3 is 1. The maximum absolute atomic E-state index is 12.2. The average molecular weight is 340 g/mol. The molecule has 0 radical (unpaired) electrons. The predicted molar refractivity (Wildman–Crippen MR) is 82.5 cm³/mol. The van der Waals surface area contributed by atoms with Gasteiger partial charge in [0, 0.05) is 13.1 Å². The van der Waals surface area contributed by atoms with Crippen molar-refractivity contribution in [1.29, 1.82) is 0 Å². The Morgan fingerprint density at radius 1 is 1.48 bits per heavy atom. The Morgan fingerprint density at radius 3 is 2.65 bits per heavy atom. The molecule has 1 aliphatic rings. The van der Waals surface area contributed by atoms with Crippen LogP contribution >= 0.6 is 11.8 Å². The molecule has 1 N–H and O–H groups in total. The molecule has 0 saturated carbocycles. The highest BCUT2D eigenvalue weighted by atomic mass is 32.2. The number of ketones is 2. The minimum absolute atomic E-state index is 0.0991. The van der Waals surface area contributed by atoms with E-state index in [0.717, 1.165) is 6.42 Å². The molecule has 2 rings (SSSR count). The van der Waals surface area contributed by atoms with Crippen molar-refractivity contribution in [2.75, 3.05) is 19.9 Å². The Kier molecular flexibility index (Phi) is 7.20. The molecule has 0 aromatic carbocycles. The largest absolute Gasteiger partial charge is 0.464 e. The minimum Gasteiger partial charge on any atom is -0.464 e. The van der Waals surface area contributed by atoms with Gasteiger partial charge in [-0.05, 0) is 12.2 Å². The van der Waals surface area contributed by atoms with Crippen molar-refractivity contribution in [1.82, 2.24) is 10.5 Å². The van der Waals surface area contributed by atoms with Crippen LogP contribution in [-0.2, 0) is 9.53 Å². The fourth-order valence-electron chi connectivity index (χ4n) is 1.60. The number of aromatic nitrogens is 1. The van der Waals surface area contributed by atoms with E-state index in [4.69, 9.17) is 9.32 Å². The fourth-order valence-corrected chi connectivity index (χ4v) is 2.45. The lowest BCUT2D eigenvalue weighted by Crippen LogP contribution is -2.17. The van der Waals surface area contributed by atoms with Crippen molar-refractivity contribution in [2.45, 2.75) is 13.3 Å². The van der Waals surface area contributed by atoms with E-state index in [1.165, 1.54) is 24.9 Å². The maximum atomic E-state index is 12.2. The summed E-state index contributed by atoms with van der Waals surface area (Å²) in [7, 11) is 2.73. The summed E-state index contributed by atoms with van der Waals surface area (Å²) in [6, 6.07) is 0. The number of ether oxygens (including phenoxy) is 1. The highest BCUT2D eigenvalue weighted by Crippen LogP contribution is 2.30.